The minimum atomic E-state index is -0.483. The Bertz CT molecular complexity index is 1050. The molecule has 2 aliphatic rings. The number of anilines is 3. The number of benzene rings is 1. The van der Waals surface area contributed by atoms with Crippen molar-refractivity contribution < 1.29 is 18.7 Å². The molecule has 1 aliphatic heterocycles. The number of carbonyl (C=O) groups excluding carboxylic acids is 2. The summed E-state index contributed by atoms with van der Waals surface area (Å²) in [5.41, 5.74) is 1.33. The molecule has 1 aliphatic carbocycles. The average Bonchev–Trinajstić information content (AvgIpc) is 2.72. The second-order valence-electron chi connectivity index (χ2n) is 9.02. The van der Waals surface area contributed by atoms with Crippen molar-refractivity contribution in [1.82, 2.24) is 14.9 Å². The van der Waals surface area contributed by atoms with Crippen LogP contribution in [0.3, 0.4) is 0 Å². The number of aromatic nitrogens is 2. The molecule has 4 rings (SSSR count). The number of likely N-dealkylation sites (N-methyl/N-ethyl adjacent to an activating group) is 1. The van der Waals surface area contributed by atoms with Gasteiger partial charge in [0.15, 0.2) is 5.82 Å². The first-order valence-electron chi connectivity index (χ1n) is 11.0. The number of hydrogen-bond acceptors (Lipinski definition) is 7. The summed E-state index contributed by atoms with van der Waals surface area (Å²) in [5, 5.41) is 6.29. The Morgan fingerprint density at radius 3 is 2.58 bits per heavy atom. The van der Waals surface area contributed by atoms with Crippen LogP contribution in [0.25, 0.3) is 0 Å². The zero-order valence-electron chi connectivity index (χ0n) is 19.4. The van der Waals surface area contributed by atoms with Crippen LogP contribution in [0.2, 0.25) is 0 Å². The van der Waals surface area contributed by atoms with E-state index in [0.29, 0.717) is 28.9 Å². The van der Waals surface area contributed by atoms with Crippen LogP contribution in [-0.2, 0) is 4.79 Å². The molecule has 10 heteroatoms. The molecule has 1 aromatic heterocycles. The highest BCUT2D eigenvalue weighted by atomic mass is 19.1. The Labute approximate surface area is 192 Å². The highest BCUT2D eigenvalue weighted by molar-refractivity contribution is 6.03. The van der Waals surface area contributed by atoms with Crippen molar-refractivity contribution in [3.63, 3.8) is 0 Å². The minimum absolute atomic E-state index is 0.0152. The van der Waals surface area contributed by atoms with Gasteiger partial charge in [0.2, 0.25) is 11.9 Å². The molecule has 33 heavy (non-hydrogen) atoms. The van der Waals surface area contributed by atoms with E-state index in [2.05, 4.69) is 20.6 Å². The van der Waals surface area contributed by atoms with Crippen LogP contribution in [0.1, 0.15) is 32.4 Å². The van der Waals surface area contributed by atoms with Crippen molar-refractivity contribution in [1.29, 1.82) is 0 Å². The first-order valence-corrected chi connectivity index (χ1v) is 11.0. The number of aryl methyl sites for hydroxylation is 1. The van der Waals surface area contributed by atoms with Crippen LogP contribution in [0.15, 0.2) is 24.3 Å². The van der Waals surface area contributed by atoms with Crippen LogP contribution in [0.4, 0.5) is 26.6 Å². The van der Waals surface area contributed by atoms with Crippen molar-refractivity contribution in [2.45, 2.75) is 51.7 Å². The summed E-state index contributed by atoms with van der Waals surface area (Å²) in [7, 11) is 3.56. The summed E-state index contributed by atoms with van der Waals surface area (Å²) >= 11 is 0. The second kappa shape index (κ2) is 8.84. The number of amides is 2. The van der Waals surface area contributed by atoms with Gasteiger partial charge in [-0.05, 0) is 49.9 Å². The smallest absolute Gasteiger partial charge is 0.410 e. The molecule has 1 saturated carbocycles. The summed E-state index contributed by atoms with van der Waals surface area (Å²) in [4.78, 5) is 37.5. The van der Waals surface area contributed by atoms with Gasteiger partial charge in [0, 0.05) is 26.2 Å². The summed E-state index contributed by atoms with van der Waals surface area (Å²) in [6, 6.07) is 5.17. The molecule has 9 nitrogen and oxygen atoms in total. The highest BCUT2D eigenvalue weighted by Gasteiger charge is 2.37. The van der Waals surface area contributed by atoms with E-state index in [9.17, 15) is 14.0 Å². The number of fused-ring (bicyclic) bond motifs is 1. The number of carbonyl (C=O) groups is 2. The Kier molecular flexibility index (Phi) is 6.09. The molecular weight excluding hydrogens is 427 g/mol. The molecule has 1 fully saturated rings. The number of ether oxygens (including phenoxy) is 1. The lowest BCUT2D eigenvalue weighted by Crippen LogP contribution is -2.51. The van der Waals surface area contributed by atoms with Crippen molar-refractivity contribution >= 4 is 29.5 Å². The third kappa shape index (κ3) is 4.55. The van der Waals surface area contributed by atoms with Gasteiger partial charge in [-0.15, -0.1) is 0 Å². The lowest BCUT2D eigenvalue weighted by Gasteiger charge is -2.41. The van der Waals surface area contributed by atoms with Gasteiger partial charge in [-0.25, -0.2) is 14.2 Å². The molecule has 2 aromatic rings. The third-order valence-electron chi connectivity index (χ3n) is 6.27. The van der Waals surface area contributed by atoms with Gasteiger partial charge in [0.05, 0.1) is 5.69 Å². The van der Waals surface area contributed by atoms with Crippen LogP contribution >= 0.6 is 0 Å². The second-order valence-corrected chi connectivity index (χ2v) is 9.02. The molecule has 0 unspecified atom stereocenters. The molecule has 1 aromatic carbocycles. The predicted octanol–water partition coefficient (Wildman–Crippen LogP) is 3.41. The van der Waals surface area contributed by atoms with E-state index in [4.69, 9.17) is 4.74 Å². The fourth-order valence-electron chi connectivity index (χ4n) is 4.31. The SMILES string of the molecule is Cc1nc(NC2CC(N(C)C(=O)Oc3ccc(F)cc3)C2)nc2c1NC(=O)[C@H](C(C)C)N2C. The Morgan fingerprint density at radius 1 is 1.27 bits per heavy atom. The number of nitrogens with one attached hydrogen (secondary N) is 2. The quantitative estimate of drug-likeness (QED) is 0.711. The minimum Gasteiger partial charge on any atom is -0.410 e. The fraction of sp³-hybridized carbons (Fsp3) is 0.478. The normalized spacial score (nSPS) is 21.7. The Balaban J connectivity index is 1.37. The van der Waals surface area contributed by atoms with Gasteiger partial charge in [0.25, 0.3) is 0 Å². The van der Waals surface area contributed by atoms with Gasteiger partial charge in [0.1, 0.15) is 23.3 Å². The largest absolute Gasteiger partial charge is 0.415 e. The first kappa shape index (κ1) is 22.8. The molecule has 176 valence electrons. The van der Waals surface area contributed by atoms with Crippen molar-refractivity contribution in [2.24, 2.45) is 5.92 Å². The highest BCUT2D eigenvalue weighted by Crippen LogP contribution is 2.35. The zero-order valence-corrected chi connectivity index (χ0v) is 19.4. The van der Waals surface area contributed by atoms with Gasteiger partial charge < -0.3 is 25.2 Å². The van der Waals surface area contributed by atoms with E-state index in [1.165, 1.54) is 24.3 Å². The maximum atomic E-state index is 13.0. The van der Waals surface area contributed by atoms with E-state index < -0.39 is 6.09 Å². The van der Waals surface area contributed by atoms with E-state index in [1.54, 1.807) is 11.9 Å². The van der Waals surface area contributed by atoms with E-state index in [1.807, 2.05) is 32.7 Å². The number of nitrogens with zero attached hydrogens (tertiary/aromatic N) is 4. The van der Waals surface area contributed by atoms with Gasteiger partial charge in [-0.2, -0.15) is 4.98 Å². The van der Waals surface area contributed by atoms with E-state index in [-0.39, 0.29) is 35.8 Å². The molecule has 2 heterocycles. The summed E-state index contributed by atoms with van der Waals surface area (Å²) < 4.78 is 18.3. The molecule has 0 spiro atoms. The van der Waals surface area contributed by atoms with Crippen molar-refractivity contribution in [2.75, 3.05) is 29.6 Å². The fourth-order valence-corrected chi connectivity index (χ4v) is 4.31. The lowest BCUT2D eigenvalue weighted by atomic mass is 9.86. The third-order valence-corrected chi connectivity index (χ3v) is 6.27. The van der Waals surface area contributed by atoms with E-state index in [0.717, 1.165) is 12.8 Å². The number of rotatable bonds is 5. The maximum Gasteiger partial charge on any atom is 0.415 e. The standard InChI is InChI=1S/C23H29FN6O3/c1-12(2)19-21(31)27-18-13(3)25-22(28-20(18)30(19)5)26-15-10-16(11-15)29(4)23(32)33-17-8-6-14(24)7-9-17/h6-9,12,15-16,19H,10-11H2,1-5H3,(H,27,31)(H,25,26,28)/t15?,16?,19-/m0/s1. The first-order chi connectivity index (χ1) is 15.6. The Morgan fingerprint density at radius 2 is 1.94 bits per heavy atom. The molecule has 2 N–H and O–H groups in total. The number of hydrogen-bond donors (Lipinski definition) is 2. The molecular formula is C23H29FN6O3. The van der Waals surface area contributed by atoms with Gasteiger partial charge in [-0.3, -0.25) is 4.79 Å². The zero-order chi connectivity index (χ0) is 23.9. The van der Waals surface area contributed by atoms with Crippen LogP contribution < -0.4 is 20.3 Å². The molecule has 0 saturated heterocycles. The number of halogens is 1. The van der Waals surface area contributed by atoms with Crippen LogP contribution in [-0.4, -0.2) is 59.1 Å². The van der Waals surface area contributed by atoms with Crippen molar-refractivity contribution in [3.05, 3.63) is 35.8 Å². The van der Waals surface area contributed by atoms with Crippen LogP contribution in [0, 0.1) is 18.7 Å². The summed E-state index contributed by atoms with van der Waals surface area (Å²) in [5.74, 6) is 1.19. The molecule has 0 radical (unpaired) electrons. The van der Waals surface area contributed by atoms with Crippen molar-refractivity contribution in [3.8, 4) is 5.75 Å². The van der Waals surface area contributed by atoms with Gasteiger partial charge in [-0.1, -0.05) is 13.8 Å². The van der Waals surface area contributed by atoms with Gasteiger partial charge >= 0.3 is 6.09 Å². The van der Waals surface area contributed by atoms with E-state index >= 15 is 0 Å². The summed E-state index contributed by atoms with van der Waals surface area (Å²) in [6.45, 7) is 5.86. The molecule has 1 atom stereocenters. The molecule has 2 amide bonds. The average molecular weight is 457 g/mol. The topological polar surface area (TPSA) is 99.7 Å². The lowest BCUT2D eigenvalue weighted by molar-refractivity contribution is -0.118. The monoisotopic (exact) mass is 456 g/mol. The predicted molar refractivity (Wildman–Crippen MR) is 123 cm³/mol. The maximum absolute atomic E-state index is 13.0. The molecule has 0 bridgehead atoms. The Hall–Kier alpha value is -3.43. The summed E-state index contributed by atoms with van der Waals surface area (Å²) in [6.07, 6.45) is 0.953. The van der Waals surface area contributed by atoms with Crippen LogP contribution in [0.5, 0.6) is 5.75 Å².